The third-order valence-corrected chi connectivity index (χ3v) is 5.43. The lowest BCUT2D eigenvalue weighted by Crippen LogP contribution is -2.49. The molecule has 0 saturated heterocycles. The standard InChI is InChI=1S/C23H23N3O5/c1-13-8-9-14(2)15(10-13)21-20-17(12-31-22(20)28)26(23(29)25-21)11-19(27)24-16-6-4-5-7-18(16)30-3/h4-10,21H,11-12H2,1-3H3,(H,24,27)(H,25,29). The highest BCUT2D eigenvalue weighted by molar-refractivity contribution is 6.00. The lowest BCUT2D eigenvalue weighted by atomic mass is 9.91. The Morgan fingerprint density at radius 1 is 1.23 bits per heavy atom. The fourth-order valence-electron chi connectivity index (χ4n) is 3.86. The maximum atomic E-state index is 12.9. The van der Waals surface area contributed by atoms with Crippen LogP contribution in [0, 0.1) is 13.8 Å². The molecule has 0 aromatic heterocycles. The minimum atomic E-state index is -0.620. The Morgan fingerprint density at radius 3 is 2.77 bits per heavy atom. The molecular formula is C23H23N3O5. The van der Waals surface area contributed by atoms with Crippen LogP contribution in [0.4, 0.5) is 10.5 Å². The molecule has 1 atom stereocenters. The molecule has 8 nitrogen and oxygen atoms in total. The van der Waals surface area contributed by atoms with Gasteiger partial charge in [-0.1, -0.05) is 35.9 Å². The lowest BCUT2D eigenvalue weighted by molar-refractivity contribution is -0.136. The van der Waals surface area contributed by atoms with Gasteiger partial charge in [-0.25, -0.2) is 9.59 Å². The molecule has 0 radical (unpaired) electrons. The van der Waals surface area contributed by atoms with Crippen LogP contribution in [0.3, 0.4) is 0 Å². The van der Waals surface area contributed by atoms with E-state index in [1.807, 2.05) is 32.0 Å². The molecule has 0 spiro atoms. The molecule has 4 rings (SSSR count). The zero-order valence-corrected chi connectivity index (χ0v) is 17.5. The van der Waals surface area contributed by atoms with Crippen molar-refractivity contribution in [2.75, 3.05) is 25.6 Å². The molecule has 2 N–H and O–H groups in total. The molecule has 2 aromatic rings. The van der Waals surface area contributed by atoms with Crippen molar-refractivity contribution in [3.63, 3.8) is 0 Å². The van der Waals surface area contributed by atoms with Crippen molar-refractivity contribution in [3.05, 3.63) is 70.4 Å². The summed E-state index contributed by atoms with van der Waals surface area (Å²) in [5, 5.41) is 5.61. The smallest absolute Gasteiger partial charge is 0.338 e. The second-order valence-corrected chi connectivity index (χ2v) is 7.51. The lowest BCUT2D eigenvalue weighted by Gasteiger charge is -2.33. The predicted octanol–water partition coefficient (Wildman–Crippen LogP) is 2.83. The van der Waals surface area contributed by atoms with Crippen LogP contribution in [0.25, 0.3) is 0 Å². The molecule has 1 unspecified atom stereocenters. The molecule has 2 aromatic carbocycles. The first-order valence-electron chi connectivity index (χ1n) is 9.87. The van der Waals surface area contributed by atoms with E-state index in [1.54, 1.807) is 24.3 Å². The second-order valence-electron chi connectivity index (χ2n) is 7.51. The van der Waals surface area contributed by atoms with E-state index < -0.39 is 23.9 Å². The number of amides is 3. The van der Waals surface area contributed by atoms with E-state index in [9.17, 15) is 14.4 Å². The van der Waals surface area contributed by atoms with Crippen molar-refractivity contribution < 1.29 is 23.9 Å². The minimum absolute atomic E-state index is 0.0507. The number of aryl methyl sites for hydroxylation is 2. The van der Waals surface area contributed by atoms with E-state index in [4.69, 9.17) is 9.47 Å². The zero-order chi connectivity index (χ0) is 22.1. The second kappa shape index (κ2) is 8.14. The van der Waals surface area contributed by atoms with E-state index in [0.717, 1.165) is 16.7 Å². The molecular weight excluding hydrogens is 398 g/mol. The molecule has 31 heavy (non-hydrogen) atoms. The fourth-order valence-corrected chi connectivity index (χ4v) is 3.86. The van der Waals surface area contributed by atoms with Crippen molar-refractivity contribution in [3.8, 4) is 5.75 Å². The first kappa shape index (κ1) is 20.5. The number of rotatable bonds is 5. The SMILES string of the molecule is COc1ccccc1NC(=O)CN1C(=O)NC(c2cc(C)ccc2C)C2=C1COC2=O. The Bertz CT molecular complexity index is 1110. The summed E-state index contributed by atoms with van der Waals surface area (Å²) >= 11 is 0. The molecule has 0 fully saturated rings. The van der Waals surface area contributed by atoms with Gasteiger partial charge < -0.3 is 20.1 Å². The number of methoxy groups -OCH3 is 1. The van der Waals surface area contributed by atoms with Gasteiger partial charge in [0, 0.05) is 0 Å². The Hall–Kier alpha value is -3.81. The molecule has 0 aliphatic carbocycles. The largest absolute Gasteiger partial charge is 0.495 e. The first-order valence-corrected chi connectivity index (χ1v) is 9.87. The Morgan fingerprint density at radius 2 is 2.00 bits per heavy atom. The van der Waals surface area contributed by atoms with E-state index in [2.05, 4.69) is 10.6 Å². The van der Waals surface area contributed by atoms with Gasteiger partial charge in [0.15, 0.2) is 0 Å². The molecule has 0 bridgehead atoms. The highest BCUT2D eigenvalue weighted by Crippen LogP contribution is 2.36. The highest BCUT2D eigenvalue weighted by atomic mass is 16.5. The van der Waals surface area contributed by atoms with Crippen molar-refractivity contribution in [1.82, 2.24) is 10.2 Å². The maximum absolute atomic E-state index is 12.9. The number of hydrogen-bond donors (Lipinski definition) is 2. The summed E-state index contributed by atoms with van der Waals surface area (Å²) in [6.07, 6.45) is 0. The maximum Gasteiger partial charge on any atom is 0.338 e. The van der Waals surface area contributed by atoms with Crippen LogP contribution in [-0.2, 0) is 14.3 Å². The van der Waals surface area contributed by atoms with Crippen LogP contribution in [-0.4, -0.2) is 43.1 Å². The van der Waals surface area contributed by atoms with Crippen LogP contribution in [0.2, 0.25) is 0 Å². The van der Waals surface area contributed by atoms with Crippen LogP contribution < -0.4 is 15.4 Å². The monoisotopic (exact) mass is 421 g/mol. The number of ether oxygens (including phenoxy) is 2. The summed E-state index contributed by atoms with van der Waals surface area (Å²) in [5.74, 6) is -0.403. The van der Waals surface area contributed by atoms with Gasteiger partial charge in [-0.15, -0.1) is 0 Å². The number of carbonyl (C=O) groups excluding carboxylic acids is 3. The number of cyclic esters (lactones) is 1. The number of para-hydroxylation sites is 2. The van der Waals surface area contributed by atoms with Crippen molar-refractivity contribution in [2.45, 2.75) is 19.9 Å². The summed E-state index contributed by atoms with van der Waals surface area (Å²) < 4.78 is 10.5. The van der Waals surface area contributed by atoms with Crippen molar-refractivity contribution in [1.29, 1.82) is 0 Å². The number of carbonyl (C=O) groups is 3. The van der Waals surface area contributed by atoms with Crippen LogP contribution in [0.1, 0.15) is 22.7 Å². The number of nitrogens with zero attached hydrogens (tertiary/aromatic N) is 1. The van der Waals surface area contributed by atoms with E-state index in [-0.39, 0.29) is 13.2 Å². The third kappa shape index (κ3) is 3.84. The number of anilines is 1. The van der Waals surface area contributed by atoms with E-state index >= 15 is 0 Å². The molecule has 2 aliphatic heterocycles. The van der Waals surface area contributed by atoms with E-state index in [1.165, 1.54) is 12.0 Å². The quantitative estimate of drug-likeness (QED) is 0.724. The van der Waals surface area contributed by atoms with Gasteiger partial charge in [0.25, 0.3) is 0 Å². The number of esters is 1. The van der Waals surface area contributed by atoms with Gasteiger partial charge in [-0.05, 0) is 37.1 Å². The van der Waals surface area contributed by atoms with Crippen LogP contribution in [0.15, 0.2) is 53.7 Å². The van der Waals surface area contributed by atoms with Gasteiger partial charge in [0.2, 0.25) is 5.91 Å². The summed E-state index contributed by atoms with van der Waals surface area (Å²) in [6.45, 7) is 3.56. The fraction of sp³-hybridized carbons (Fsp3) is 0.261. The van der Waals surface area contributed by atoms with Gasteiger partial charge in [0.1, 0.15) is 18.9 Å². The van der Waals surface area contributed by atoms with E-state index in [0.29, 0.717) is 22.7 Å². The molecule has 2 aliphatic rings. The third-order valence-electron chi connectivity index (χ3n) is 5.43. The summed E-state index contributed by atoms with van der Waals surface area (Å²) in [7, 11) is 1.51. The Kier molecular flexibility index (Phi) is 5.37. The van der Waals surface area contributed by atoms with Crippen molar-refractivity contribution in [2.24, 2.45) is 0 Å². The Labute approximate surface area is 179 Å². The first-order chi connectivity index (χ1) is 14.9. The average molecular weight is 421 g/mol. The highest BCUT2D eigenvalue weighted by Gasteiger charge is 2.43. The molecule has 3 amide bonds. The molecule has 0 saturated carbocycles. The molecule has 160 valence electrons. The number of benzene rings is 2. The van der Waals surface area contributed by atoms with Gasteiger partial charge in [-0.2, -0.15) is 0 Å². The zero-order valence-electron chi connectivity index (χ0n) is 17.5. The van der Waals surface area contributed by atoms with Gasteiger partial charge >= 0.3 is 12.0 Å². The van der Waals surface area contributed by atoms with Crippen LogP contribution in [0.5, 0.6) is 5.75 Å². The van der Waals surface area contributed by atoms with Gasteiger partial charge in [-0.3, -0.25) is 9.69 Å². The summed E-state index contributed by atoms with van der Waals surface area (Å²) in [4.78, 5) is 39.4. The predicted molar refractivity (Wildman–Crippen MR) is 114 cm³/mol. The van der Waals surface area contributed by atoms with Crippen molar-refractivity contribution >= 4 is 23.6 Å². The minimum Gasteiger partial charge on any atom is -0.495 e. The number of hydrogen-bond acceptors (Lipinski definition) is 5. The average Bonchev–Trinajstić information content (AvgIpc) is 3.13. The normalized spacial score (nSPS) is 17.8. The van der Waals surface area contributed by atoms with Crippen LogP contribution >= 0.6 is 0 Å². The summed E-state index contributed by atoms with van der Waals surface area (Å²) in [6, 6.07) is 11.8. The van der Waals surface area contributed by atoms with Gasteiger partial charge in [0.05, 0.1) is 30.1 Å². The number of urea groups is 1. The molecule has 8 heteroatoms. The summed E-state index contributed by atoms with van der Waals surface area (Å²) in [5.41, 5.74) is 4.06. The topological polar surface area (TPSA) is 97.0 Å². The molecule has 2 heterocycles. The number of nitrogens with one attached hydrogen (secondary N) is 2. The Balaban J connectivity index is 1.62.